The first kappa shape index (κ1) is 15.8. The van der Waals surface area contributed by atoms with Gasteiger partial charge in [-0.3, -0.25) is 0 Å². The Morgan fingerprint density at radius 1 is 1.32 bits per heavy atom. The van der Waals surface area contributed by atoms with Gasteiger partial charge in [-0.2, -0.15) is 0 Å². The molecule has 0 saturated carbocycles. The van der Waals surface area contributed by atoms with Gasteiger partial charge in [0.15, 0.2) is 0 Å². The molecule has 0 aromatic heterocycles. The molecule has 2 atom stereocenters. The van der Waals surface area contributed by atoms with Crippen molar-refractivity contribution in [3.8, 4) is 5.75 Å². The van der Waals surface area contributed by atoms with Crippen molar-refractivity contribution in [1.29, 1.82) is 0 Å². The van der Waals surface area contributed by atoms with Crippen LogP contribution in [-0.4, -0.2) is 37.7 Å². The van der Waals surface area contributed by atoms with Crippen molar-refractivity contribution in [1.82, 2.24) is 4.90 Å². The Hall–Kier alpha value is -1.22. The van der Waals surface area contributed by atoms with Crippen LogP contribution in [0.4, 0.5) is 5.69 Å². The van der Waals surface area contributed by atoms with Gasteiger partial charge in [0.05, 0.1) is 7.11 Å². The number of anilines is 1. The Kier molecular flexibility index (Phi) is 6.71. The summed E-state index contributed by atoms with van der Waals surface area (Å²) in [7, 11) is 3.90. The number of ether oxygens (including phenoxy) is 1. The number of methoxy groups -OCH3 is 1. The van der Waals surface area contributed by atoms with Crippen molar-refractivity contribution in [3.05, 3.63) is 24.3 Å². The van der Waals surface area contributed by atoms with Gasteiger partial charge in [0.25, 0.3) is 0 Å². The van der Waals surface area contributed by atoms with E-state index in [1.807, 2.05) is 18.2 Å². The van der Waals surface area contributed by atoms with Gasteiger partial charge < -0.3 is 15.0 Å². The van der Waals surface area contributed by atoms with Crippen molar-refractivity contribution < 1.29 is 4.74 Å². The van der Waals surface area contributed by atoms with E-state index in [2.05, 4.69) is 44.1 Å². The average Bonchev–Trinajstić information content (AvgIpc) is 2.44. The third kappa shape index (κ3) is 5.11. The van der Waals surface area contributed by atoms with Crippen LogP contribution < -0.4 is 10.1 Å². The summed E-state index contributed by atoms with van der Waals surface area (Å²) in [5.74, 6) is 0.898. The zero-order valence-corrected chi connectivity index (χ0v) is 12.9. The van der Waals surface area contributed by atoms with Crippen molar-refractivity contribution in [2.45, 2.75) is 45.7 Å². The molecule has 0 aliphatic heterocycles. The predicted molar refractivity (Wildman–Crippen MR) is 83.1 cm³/mol. The molecule has 0 spiro atoms. The SMILES string of the molecule is CCC(CC(C)Nc1cccc(OC)c1)N(C)CC. The number of rotatable bonds is 8. The molecule has 3 nitrogen and oxygen atoms in total. The molecular formula is C16H28N2O. The molecular weight excluding hydrogens is 236 g/mol. The third-order valence-corrected chi connectivity index (χ3v) is 3.70. The van der Waals surface area contributed by atoms with E-state index in [0.29, 0.717) is 12.1 Å². The van der Waals surface area contributed by atoms with E-state index in [0.717, 1.165) is 24.4 Å². The van der Waals surface area contributed by atoms with Gasteiger partial charge >= 0.3 is 0 Å². The second-order valence-corrected chi connectivity index (χ2v) is 5.15. The molecule has 108 valence electrons. The van der Waals surface area contributed by atoms with Gasteiger partial charge in [0.2, 0.25) is 0 Å². The minimum Gasteiger partial charge on any atom is -0.497 e. The molecule has 0 aliphatic carbocycles. The maximum absolute atomic E-state index is 5.25. The lowest BCUT2D eigenvalue weighted by molar-refractivity contribution is 0.229. The van der Waals surface area contributed by atoms with Gasteiger partial charge in [0, 0.05) is 23.8 Å². The van der Waals surface area contributed by atoms with Crippen molar-refractivity contribution in [2.24, 2.45) is 0 Å². The van der Waals surface area contributed by atoms with Crippen molar-refractivity contribution in [2.75, 3.05) is 26.0 Å². The summed E-state index contributed by atoms with van der Waals surface area (Å²) >= 11 is 0. The van der Waals surface area contributed by atoms with Gasteiger partial charge in [-0.05, 0) is 45.5 Å². The van der Waals surface area contributed by atoms with Crippen molar-refractivity contribution >= 4 is 5.69 Å². The Bertz CT molecular complexity index is 368. The highest BCUT2D eigenvalue weighted by atomic mass is 16.5. The van der Waals surface area contributed by atoms with Gasteiger partial charge in [0.1, 0.15) is 5.75 Å². The predicted octanol–water partition coefficient (Wildman–Crippen LogP) is 3.62. The monoisotopic (exact) mass is 264 g/mol. The zero-order chi connectivity index (χ0) is 14.3. The summed E-state index contributed by atoms with van der Waals surface area (Å²) in [6.45, 7) is 7.81. The Labute approximate surface area is 118 Å². The van der Waals surface area contributed by atoms with E-state index in [1.165, 1.54) is 6.42 Å². The summed E-state index contributed by atoms with van der Waals surface area (Å²) < 4.78 is 5.25. The Morgan fingerprint density at radius 3 is 2.63 bits per heavy atom. The molecule has 3 heteroatoms. The highest BCUT2D eigenvalue weighted by molar-refractivity contribution is 5.48. The number of nitrogens with one attached hydrogen (secondary N) is 1. The first-order valence-corrected chi connectivity index (χ1v) is 7.21. The number of hydrogen-bond donors (Lipinski definition) is 1. The average molecular weight is 264 g/mol. The minimum atomic E-state index is 0.450. The fourth-order valence-corrected chi connectivity index (χ4v) is 2.38. The first-order valence-electron chi connectivity index (χ1n) is 7.21. The molecule has 1 aromatic carbocycles. The van der Waals surface area contributed by atoms with Crippen LogP contribution in [0.25, 0.3) is 0 Å². The van der Waals surface area contributed by atoms with Crippen LogP contribution in [0.3, 0.4) is 0 Å². The van der Waals surface area contributed by atoms with Gasteiger partial charge in [-0.1, -0.05) is 19.9 Å². The molecule has 1 aromatic rings. The van der Waals surface area contributed by atoms with E-state index in [-0.39, 0.29) is 0 Å². The summed E-state index contributed by atoms with van der Waals surface area (Å²) in [4.78, 5) is 2.42. The fourth-order valence-electron chi connectivity index (χ4n) is 2.38. The van der Waals surface area contributed by atoms with Crippen LogP contribution in [0.1, 0.15) is 33.6 Å². The van der Waals surface area contributed by atoms with Crippen LogP contribution in [0, 0.1) is 0 Å². The molecule has 0 bridgehead atoms. The number of nitrogens with zero attached hydrogens (tertiary/aromatic N) is 1. The first-order chi connectivity index (χ1) is 9.10. The van der Waals surface area contributed by atoms with Crippen LogP contribution in [-0.2, 0) is 0 Å². The molecule has 1 N–H and O–H groups in total. The maximum Gasteiger partial charge on any atom is 0.120 e. The molecule has 1 rings (SSSR count). The lowest BCUT2D eigenvalue weighted by Gasteiger charge is -2.29. The highest BCUT2D eigenvalue weighted by Gasteiger charge is 2.14. The second kappa shape index (κ2) is 8.05. The second-order valence-electron chi connectivity index (χ2n) is 5.15. The van der Waals surface area contributed by atoms with Crippen molar-refractivity contribution in [3.63, 3.8) is 0 Å². The largest absolute Gasteiger partial charge is 0.497 e. The Balaban J connectivity index is 2.55. The lowest BCUT2D eigenvalue weighted by atomic mass is 10.0. The quantitative estimate of drug-likeness (QED) is 0.776. The summed E-state index contributed by atoms with van der Waals surface area (Å²) in [5.41, 5.74) is 1.13. The number of hydrogen-bond acceptors (Lipinski definition) is 3. The fraction of sp³-hybridized carbons (Fsp3) is 0.625. The number of benzene rings is 1. The van der Waals surface area contributed by atoms with Crippen LogP contribution in [0.15, 0.2) is 24.3 Å². The molecule has 0 amide bonds. The highest BCUT2D eigenvalue weighted by Crippen LogP contribution is 2.19. The lowest BCUT2D eigenvalue weighted by Crippen LogP contribution is -2.35. The zero-order valence-electron chi connectivity index (χ0n) is 12.9. The molecule has 0 saturated heterocycles. The van der Waals surface area contributed by atoms with E-state index in [1.54, 1.807) is 7.11 Å². The van der Waals surface area contributed by atoms with E-state index >= 15 is 0 Å². The molecule has 2 unspecified atom stereocenters. The standard InChI is InChI=1S/C16H28N2O/c1-6-15(18(4)7-2)11-13(3)17-14-9-8-10-16(12-14)19-5/h8-10,12-13,15,17H,6-7,11H2,1-5H3. The van der Waals surface area contributed by atoms with E-state index in [9.17, 15) is 0 Å². The molecule has 19 heavy (non-hydrogen) atoms. The van der Waals surface area contributed by atoms with Crippen LogP contribution >= 0.6 is 0 Å². The Morgan fingerprint density at radius 2 is 2.05 bits per heavy atom. The topological polar surface area (TPSA) is 24.5 Å². The normalized spacial score (nSPS) is 14.2. The smallest absolute Gasteiger partial charge is 0.120 e. The summed E-state index contributed by atoms with van der Waals surface area (Å²) in [6, 6.07) is 9.20. The molecule has 0 fully saturated rings. The van der Waals surface area contributed by atoms with Crippen LogP contribution in [0.5, 0.6) is 5.75 Å². The minimum absolute atomic E-state index is 0.450. The van der Waals surface area contributed by atoms with Gasteiger partial charge in [-0.15, -0.1) is 0 Å². The summed E-state index contributed by atoms with van der Waals surface area (Å²) in [6.07, 6.45) is 2.34. The van der Waals surface area contributed by atoms with E-state index < -0.39 is 0 Å². The van der Waals surface area contributed by atoms with Gasteiger partial charge in [-0.25, -0.2) is 0 Å². The molecule has 0 radical (unpaired) electrons. The van der Waals surface area contributed by atoms with E-state index in [4.69, 9.17) is 4.74 Å². The molecule has 0 aliphatic rings. The third-order valence-electron chi connectivity index (χ3n) is 3.70. The molecule has 0 heterocycles. The maximum atomic E-state index is 5.25. The van der Waals surface area contributed by atoms with Crippen LogP contribution in [0.2, 0.25) is 0 Å². The summed E-state index contributed by atoms with van der Waals surface area (Å²) in [5, 5.41) is 3.55.